The van der Waals surface area contributed by atoms with Crippen molar-refractivity contribution in [3.63, 3.8) is 0 Å². The van der Waals surface area contributed by atoms with Crippen LogP contribution in [-0.2, 0) is 0 Å². The molecule has 11 heteroatoms. The van der Waals surface area contributed by atoms with Gasteiger partial charge in [0.05, 0.1) is 9.85 Å². The summed E-state index contributed by atoms with van der Waals surface area (Å²) in [6, 6.07) is 1.23. The quantitative estimate of drug-likeness (QED) is 0.605. The monoisotopic (exact) mass is 280 g/mol. The standard InChI is InChI=1S/C9H8N6O5/c10-7-5(14(17)18)1-3-12(7)9(16)13-4-2-6(8(13)11)15(19)20/h1-4H,10-11H2. The molecule has 11 nitrogen and oxygen atoms in total. The van der Waals surface area contributed by atoms with Crippen molar-refractivity contribution in [3.05, 3.63) is 44.8 Å². The van der Waals surface area contributed by atoms with Gasteiger partial charge in [0.15, 0.2) is 11.6 Å². The number of nitrogen functional groups attached to an aromatic ring is 2. The van der Waals surface area contributed by atoms with Crippen molar-refractivity contribution in [2.24, 2.45) is 0 Å². The first-order valence-electron chi connectivity index (χ1n) is 5.11. The molecule has 0 bridgehead atoms. The minimum atomic E-state index is -0.860. The van der Waals surface area contributed by atoms with E-state index in [0.29, 0.717) is 0 Å². The lowest BCUT2D eigenvalue weighted by Gasteiger charge is -2.05. The lowest BCUT2D eigenvalue weighted by atomic mass is 10.5. The summed E-state index contributed by atoms with van der Waals surface area (Å²) in [5.74, 6) is -0.786. The summed E-state index contributed by atoms with van der Waals surface area (Å²) < 4.78 is 1.55. The Morgan fingerprint density at radius 1 is 0.950 bits per heavy atom. The molecule has 0 amide bonds. The SMILES string of the molecule is Nc1c([N+](=O)[O-])ccn1C(=O)n1ccc([N+](=O)[O-])c1N. The fourth-order valence-electron chi connectivity index (χ4n) is 1.63. The number of carbonyl (C=O) groups excluding carboxylic acids is 1. The molecule has 0 saturated carbocycles. The molecule has 0 fully saturated rings. The highest BCUT2D eigenvalue weighted by Crippen LogP contribution is 2.26. The molecule has 2 aromatic heterocycles. The second kappa shape index (κ2) is 4.38. The van der Waals surface area contributed by atoms with E-state index in [-0.39, 0.29) is 0 Å². The first-order valence-corrected chi connectivity index (χ1v) is 5.11. The van der Waals surface area contributed by atoms with Gasteiger partial charge in [-0.3, -0.25) is 20.2 Å². The molecule has 2 rings (SSSR count). The molecule has 0 aliphatic carbocycles. The summed E-state index contributed by atoms with van der Waals surface area (Å²) in [6.07, 6.45) is 2.17. The molecule has 0 aromatic carbocycles. The van der Waals surface area contributed by atoms with Gasteiger partial charge in [-0.2, -0.15) is 0 Å². The third-order valence-electron chi connectivity index (χ3n) is 2.61. The molecule has 0 spiro atoms. The van der Waals surface area contributed by atoms with Gasteiger partial charge in [0.1, 0.15) is 0 Å². The zero-order valence-corrected chi connectivity index (χ0v) is 9.79. The first-order chi connectivity index (χ1) is 9.34. The number of rotatable bonds is 2. The van der Waals surface area contributed by atoms with Gasteiger partial charge >= 0.3 is 17.4 Å². The average Bonchev–Trinajstić information content (AvgIpc) is 2.91. The first kappa shape index (κ1) is 13.1. The minimum Gasteiger partial charge on any atom is -0.379 e. The number of hydrogen-bond donors (Lipinski definition) is 2. The van der Waals surface area contributed by atoms with E-state index in [1.165, 1.54) is 0 Å². The second-order valence-electron chi connectivity index (χ2n) is 3.71. The Hall–Kier alpha value is -3.37. The molecule has 0 unspecified atom stereocenters. The van der Waals surface area contributed by atoms with Crippen LogP contribution in [0.1, 0.15) is 0 Å². The second-order valence-corrected chi connectivity index (χ2v) is 3.71. The van der Waals surface area contributed by atoms with Gasteiger partial charge in [0.25, 0.3) is 0 Å². The Labute approximate surface area is 110 Å². The molecule has 0 radical (unpaired) electrons. The van der Waals surface area contributed by atoms with E-state index in [0.717, 1.165) is 33.7 Å². The molecule has 2 heterocycles. The maximum atomic E-state index is 12.1. The highest BCUT2D eigenvalue weighted by molar-refractivity contribution is 5.88. The van der Waals surface area contributed by atoms with Gasteiger partial charge in [0.2, 0.25) is 0 Å². The van der Waals surface area contributed by atoms with E-state index in [2.05, 4.69) is 0 Å². The number of nitrogens with two attached hydrogens (primary N) is 2. The van der Waals surface area contributed by atoms with E-state index in [1.54, 1.807) is 0 Å². The molecule has 0 saturated heterocycles. The Morgan fingerprint density at radius 3 is 1.55 bits per heavy atom. The smallest absolute Gasteiger partial charge is 0.339 e. The molecule has 20 heavy (non-hydrogen) atoms. The summed E-state index contributed by atoms with van der Waals surface area (Å²) in [7, 11) is 0. The van der Waals surface area contributed by atoms with Crippen molar-refractivity contribution >= 4 is 29.0 Å². The van der Waals surface area contributed by atoms with Gasteiger partial charge < -0.3 is 11.5 Å². The van der Waals surface area contributed by atoms with Crippen molar-refractivity contribution < 1.29 is 14.6 Å². The highest BCUT2D eigenvalue weighted by atomic mass is 16.6. The summed E-state index contributed by atoms with van der Waals surface area (Å²) in [6.45, 7) is 0. The molecular formula is C9H8N6O5. The lowest BCUT2D eigenvalue weighted by molar-refractivity contribution is -0.383. The number of anilines is 2. The average molecular weight is 280 g/mol. The van der Waals surface area contributed by atoms with E-state index < -0.39 is 38.9 Å². The zero-order valence-electron chi connectivity index (χ0n) is 9.79. The van der Waals surface area contributed by atoms with Gasteiger partial charge in [-0.1, -0.05) is 0 Å². The van der Waals surface area contributed by atoms with Crippen LogP contribution in [0.5, 0.6) is 0 Å². The zero-order chi connectivity index (χ0) is 15.0. The van der Waals surface area contributed by atoms with Gasteiger partial charge in [-0.15, -0.1) is 0 Å². The van der Waals surface area contributed by atoms with E-state index in [9.17, 15) is 25.0 Å². The summed E-state index contributed by atoms with van der Waals surface area (Å²) in [5, 5.41) is 21.3. The minimum absolute atomic E-state index is 0.393. The topological polar surface area (TPSA) is 165 Å². The predicted octanol–water partition coefficient (Wildman–Crippen LogP) is 0.787. The lowest BCUT2D eigenvalue weighted by Crippen LogP contribution is -2.21. The normalized spacial score (nSPS) is 10.4. The van der Waals surface area contributed by atoms with Crippen LogP contribution in [0, 0.1) is 20.2 Å². The Morgan fingerprint density at radius 2 is 1.30 bits per heavy atom. The third-order valence-corrected chi connectivity index (χ3v) is 2.61. The van der Waals surface area contributed by atoms with Crippen LogP contribution in [0.2, 0.25) is 0 Å². The van der Waals surface area contributed by atoms with Crippen LogP contribution >= 0.6 is 0 Å². The molecule has 0 atom stereocenters. The molecule has 0 aliphatic heterocycles. The number of nitro groups is 2. The van der Waals surface area contributed by atoms with Crippen LogP contribution in [0.4, 0.5) is 27.8 Å². The largest absolute Gasteiger partial charge is 0.379 e. The van der Waals surface area contributed by atoms with Crippen molar-refractivity contribution in [1.29, 1.82) is 0 Å². The van der Waals surface area contributed by atoms with Crippen molar-refractivity contribution in [2.45, 2.75) is 0 Å². The maximum Gasteiger partial charge on any atom is 0.339 e. The number of nitrogens with zero attached hydrogens (tertiary/aromatic N) is 4. The van der Waals surface area contributed by atoms with Crippen LogP contribution in [-0.4, -0.2) is 25.0 Å². The van der Waals surface area contributed by atoms with E-state index >= 15 is 0 Å². The van der Waals surface area contributed by atoms with Crippen LogP contribution in [0.15, 0.2) is 24.5 Å². The fourth-order valence-corrected chi connectivity index (χ4v) is 1.63. The molecular weight excluding hydrogens is 272 g/mol. The summed E-state index contributed by atoms with van der Waals surface area (Å²) >= 11 is 0. The van der Waals surface area contributed by atoms with Gasteiger partial charge in [-0.05, 0) is 0 Å². The molecule has 104 valence electrons. The number of carbonyl (C=O) groups is 1. The summed E-state index contributed by atoms with van der Waals surface area (Å²) in [5.41, 5.74) is 10.1. The molecule has 0 aliphatic rings. The van der Waals surface area contributed by atoms with Crippen LogP contribution in [0.25, 0.3) is 0 Å². The van der Waals surface area contributed by atoms with E-state index in [1.807, 2.05) is 0 Å². The number of hydrogen-bond acceptors (Lipinski definition) is 7. The van der Waals surface area contributed by atoms with Crippen molar-refractivity contribution in [2.75, 3.05) is 11.5 Å². The van der Waals surface area contributed by atoms with Gasteiger partial charge in [-0.25, -0.2) is 13.9 Å². The Balaban J connectivity index is 2.47. The van der Waals surface area contributed by atoms with Crippen molar-refractivity contribution in [3.8, 4) is 0 Å². The fraction of sp³-hybridized carbons (Fsp3) is 0. The van der Waals surface area contributed by atoms with E-state index in [4.69, 9.17) is 11.5 Å². The molecule has 4 N–H and O–H groups in total. The Kier molecular flexibility index (Phi) is 2.86. The predicted molar refractivity (Wildman–Crippen MR) is 67.2 cm³/mol. The van der Waals surface area contributed by atoms with Crippen LogP contribution in [0.3, 0.4) is 0 Å². The van der Waals surface area contributed by atoms with Crippen LogP contribution < -0.4 is 11.5 Å². The molecule has 2 aromatic rings. The number of aromatic nitrogens is 2. The summed E-state index contributed by atoms with van der Waals surface area (Å²) in [4.78, 5) is 31.9. The Bertz CT molecular complexity index is 669. The maximum absolute atomic E-state index is 12.1. The highest BCUT2D eigenvalue weighted by Gasteiger charge is 2.24. The third kappa shape index (κ3) is 1.82. The van der Waals surface area contributed by atoms with Crippen molar-refractivity contribution in [1.82, 2.24) is 9.13 Å². The van der Waals surface area contributed by atoms with Gasteiger partial charge in [0, 0.05) is 24.5 Å².